The van der Waals surface area contributed by atoms with Crippen molar-refractivity contribution >= 4 is 17.2 Å². The molecule has 36 heavy (non-hydrogen) atoms. The lowest BCUT2D eigenvalue weighted by atomic mass is 9.78. The number of Topliss-reactive ketones (excluding diaryl/α,β-unsaturated/α-hetero) is 1. The summed E-state index contributed by atoms with van der Waals surface area (Å²) >= 11 is 0. The van der Waals surface area contributed by atoms with Crippen LogP contribution in [0.4, 0.5) is 11.4 Å². The van der Waals surface area contributed by atoms with Gasteiger partial charge in [-0.05, 0) is 66.3 Å². The molecular formula is C30H32N2O4. The highest BCUT2D eigenvalue weighted by atomic mass is 16.5. The van der Waals surface area contributed by atoms with Crippen LogP contribution in [0.25, 0.3) is 0 Å². The molecule has 0 spiro atoms. The highest BCUT2D eigenvalue weighted by Gasteiger charge is 2.36. The molecule has 1 aliphatic heterocycles. The lowest BCUT2D eigenvalue weighted by Gasteiger charge is -2.30. The Bertz CT molecular complexity index is 1280. The lowest BCUT2D eigenvalue weighted by molar-refractivity contribution is -0.116. The second-order valence-electron chi connectivity index (χ2n) is 9.20. The molecule has 0 aromatic heterocycles. The molecule has 2 aliphatic rings. The SMILES string of the molecule is CCCOc1ccc([C@@H]2Nc3ccccc3NC3=C2C(=O)C[C@H](c2ccc(OC)c(OC)c2)C3)cc1. The van der Waals surface area contributed by atoms with E-state index < -0.39 is 0 Å². The van der Waals surface area contributed by atoms with E-state index in [1.807, 2.05) is 54.6 Å². The first-order chi connectivity index (χ1) is 17.6. The van der Waals surface area contributed by atoms with Crippen molar-refractivity contribution in [3.63, 3.8) is 0 Å². The molecule has 1 heterocycles. The fraction of sp³-hybridized carbons (Fsp3) is 0.300. The van der Waals surface area contributed by atoms with Crippen LogP contribution in [0.5, 0.6) is 17.2 Å². The number of ether oxygens (including phenoxy) is 3. The second-order valence-corrected chi connectivity index (χ2v) is 9.20. The van der Waals surface area contributed by atoms with Crippen LogP contribution in [-0.4, -0.2) is 26.6 Å². The third kappa shape index (κ3) is 4.63. The first-order valence-electron chi connectivity index (χ1n) is 12.4. The van der Waals surface area contributed by atoms with Crippen LogP contribution in [0.1, 0.15) is 49.3 Å². The van der Waals surface area contributed by atoms with Gasteiger partial charge in [-0.25, -0.2) is 0 Å². The minimum Gasteiger partial charge on any atom is -0.494 e. The van der Waals surface area contributed by atoms with E-state index in [1.165, 1.54) is 0 Å². The Kier molecular flexibility index (Phi) is 6.85. The number of para-hydroxylation sites is 2. The standard InChI is InChI=1S/C30H32N2O4/c1-4-15-36-22-12-9-19(10-13-22)30-29-25(31-23-7-5-6-8-24(23)32-30)16-21(17-26(29)33)20-11-14-27(34-2)28(18-20)35-3/h5-14,18,21,30-32H,4,15-17H2,1-3H3/t21-,30+/m1/s1. The van der Waals surface area contributed by atoms with Crippen molar-refractivity contribution in [2.24, 2.45) is 0 Å². The van der Waals surface area contributed by atoms with Crippen LogP contribution in [0.2, 0.25) is 0 Å². The van der Waals surface area contributed by atoms with Crippen molar-refractivity contribution in [1.82, 2.24) is 0 Å². The average molecular weight is 485 g/mol. The molecule has 0 saturated heterocycles. The molecule has 0 amide bonds. The van der Waals surface area contributed by atoms with Gasteiger partial charge in [-0.15, -0.1) is 0 Å². The summed E-state index contributed by atoms with van der Waals surface area (Å²) in [5, 5.41) is 7.23. The van der Waals surface area contributed by atoms with Crippen LogP contribution in [-0.2, 0) is 4.79 Å². The number of hydrogen-bond donors (Lipinski definition) is 2. The highest BCUT2D eigenvalue weighted by Crippen LogP contribution is 2.45. The number of carbonyl (C=O) groups excluding carboxylic acids is 1. The average Bonchev–Trinajstić information content (AvgIpc) is 3.08. The molecule has 3 aromatic rings. The molecule has 6 nitrogen and oxygen atoms in total. The van der Waals surface area contributed by atoms with Crippen molar-refractivity contribution in [3.05, 3.63) is 89.1 Å². The molecule has 0 fully saturated rings. The predicted octanol–water partition coefficient (Wildman–Crippen LogP) is 6.47. The molecule has 0 bridgehead atoms. The Hall–Kier alpha value is -3.93. The summed E-state index contributed by atoms with van der Waals surface area (Å²) in [6.45, 7) is 2.77. The lowest BCUT2D eigenvalue weighted by Crippen LogP contribution is -2.26. The van der Waals surface area contributed by atoms with Crippen molar-refractivity contribution in [2.75, 3.05) is 31.5 Å². The van der Waals surface area contributed by atoms with E-state index in [1.54, 1.807) is 14.2 Å². The highest BCUT2D eigenvalue weighted by molar-refractivity contribution is 6.01. The maximum absolute atomic E-state index is 13.8. The number of benzene rings is 3. The summed E-state index contributed by atoms with van der Waals surface area (Å²) in [5.74, 6) is 2.37. The monoisotopic (exact) mass is 484 g/mol. The first kappa shape index (κ1) is 23.8. The van der Waals surface area contributed by atoms with Crippen LogP contribution in [0.15, 0.2) is 78.0 Å². The van der Waals surface area contributed by atoms with Crippen molar-refractivity contribution in [3.8, 4) is 17.2 Å². The number of rotatable bonds is 7. The number of carbonyl (C=O) groups is 1. The van der Waals surface area contributed by atoms with Gasteiger partial charge in [-0.3, -0.25) is 4.79 Å². The summed E-state index contributed by atoms with van der Waals surface area (Å²) in [6, 6.07) is 21.8. The maximum atomic E-state index is 13.8. The Morgan fingerprint density at radius 3 is 2.31 bits per heavy atom. The Morgan fingerprint density at radius 1 is 0.861 bits per heavy atom. The van der Waals surface area contributed by atoms with Crippen molar-refractivity contribution in [1.29, 1.82) is 0 Å². The Balaban J connectivity index is 1.52. The quantitative estimate of drug-likeness (QED) is 0.400. The van der Waals surface area contributed by atoms with Gasteiger partial charge in [-0.2, -0.15) is 0 Å². The maximum Gasteiger partial charge on any atom is 0.163 e. The number of fused-ring (bicyclic) bond motifs is 1. The molecule has 0 saturated carbocycles. The molecule has 3 aromatic carbocycles. The number of ketones is 1. The molecule has 2 atom stereocenters. The molecule has 2 N–H and O–H groups in total. The first-order valence-corrected chi connectivity index (χ1v) is 12.4. The molecule has 0 unspecified atom stereocenters. The summed E-state index contributed by atoms with van der Waals surface area (Å²) in [7, 11) is 3.26. The third-order valence-electron chi connectivity index (χ3n) is 6.87. The second kappa shape index (κ2) is 10.4. The summed E-state index contributed by atoms with van der Waals surface area (Å²) in [6.07, 6.45) is 2.11. The molecular weight excluding hydrogens is 452 g/mol. The normalized spacial score (nSPS) is 18.8. The number of anilines is 2. The number of allylic oxidation sites excluding steroid dienone is 1. The fourth-order valence-corrected chi connectivity index (χ4v) is 5.06. The van der Waals surface area contributed by atoms with Crippen LogP contribution >= 0.6 is 0 Å². The summed E-state index contributed by atoms with van der Waals surface area (Å²) < 4.78 is 16.7. The Labute approximate surface area is 212 Å². The van der Waals surface area contributed by atoms with E-state index >= 15 is 0 Å². The minimum absolute atomic E-state index is 0.0410. The fourth-order valence-electron chi connectivity index (χ4n) is 5.06. The van der Waals surface area contributed by atoms with Crippen LogP contribution < -0.4 is 24.8 Å². The van der Waals surface area contributed by atoms with Gasteiger partial charge in [0.1, 0.15) is 5.75 Å². The largest absolute Gasteiger partial charge is 0.494 e. The molecule has 5 rings (SSSR count). The van der Waals surface area contributed by atoms with E-state index in [0.29, 0.717) is 24.5 Å². The van der Waals surface area contributed by atoms with Crippen molar-refractivity contribution in [2.45, 2.75) is 38.1 Å². The van der Waals surface area contributed by atoms with Gasteiger partial charge in [0, 0.05) is 17.7 Å². The van der Waals surface area contributed by atoms with Gasteiger partial charge in [0.05, 0.1) is 38.2 Å². The molecule has 6 heteroatoms. The molecule has 186 valence electrons. The van der Waals surface area contributed by atoms with Crippen LogP contribution in [0, 0.1) is 0 Å². The van der Waals surface area contributed by atoms with Crippen LogP contribution in [0.3, 0.4) is 0 Å². The number of hydrogen-bond acceptors (Lipinski definition) is 6. The van der Waals surface area contributed by atoms with Gasteiger partial charge in [0.25, 0.3) is 0 Å². The zero-order valence-electron chi connectivity index (χ0n) is 21.0. The van der Waals surface area contributed by atoms with Gasteiger partial charge in [-0.1, -0.05) is 37.3 Å². The third-order valence-corrected chi connectivity index (χ3v) is 6.87. The number of nitrogens with one attached hydrogen (secondary N) is 2. The van der Waals surface area contributed by atoms with Gasteiger partial charge >= 0.3 is 0 Å². The van der Waals surface area contributed by atoms with Gasteiger partial charge < -0.3 is 24.8 Å². The minimum atomic E-state index is -0.254. The summed E-state index contributed by atoms with van der Waals surface area (Å²) in [5.41, 5.74) is 5.79. The van der Waals surface area contributed by atoms with Crippen molar-refractivity contribution < 1.29 is 19.0 Å². The van der Waals surface area contributed by atoms with E-state index in [0.717, 1.165) is 52.4 Å². The van der Waals surface area contributed by atoms with Gasteiger partial charge in [0.15, 0.2) is 17.3 Å². The van der Waals surface area contributed by atoms with E-state index in [2.05, 4.69) is 29.7 Å². The van der Waals surface area contributed by atoms with Gasteiger partial charge in [0.2, 0.25) is 0 Å². The molecule has 0 radical (unpaired) electrons. The van der Waals surface area contributed by atoms with E-state index in [9.17, 15) is 4.79 Å². The van der Waals surface area contributed by atoms with E-state index in [4.69, 9.17) is 14.2 Å². The smallest absolute Gasteiger partial charge is 0.163 e. The number of methoxy groups -OCH3 is 2. The topological polar surface area (TPSA) is 68.8 Å². The predicted molar refractivity (Wildman–Crippen MR) is 142 cm³/mol. The van der Waals surface area contributed by atoms with E-state index in [-0.39, 0.29) is 17.7 Å². The zero-order chi connectivity index (χ0) is 25.1. The molecule has 1 aliphatic carbocycles. The Morgan fingerprint density at radius 2 is 1.58 bits per heavy atom. The summed E-state index contributed by atoms with van der Waals surface area (Å²) in [4.78, 5) is 13.8. The zero-order valence-corrected chi connectivity index (χ0v) is 21.0.